The number of hydrogen-bond acceptors (Lipinski definition) is 5. The molecule has 0 radical (unpaired) electrons. The van der Waals surface area contributed by atoms with Crippen molar-refractivity contribution in [3.05, 3.63) is 35.7 Å². The fraction of sp³-hybridized carbons (Fsp3) is 0.550. The van der Waals surface area contributed by atoms with E-state index in [4.69, 9.17) is 4.52 Å². The molecule has 1 saturated carbocycles. The van der Waals surface area contributed by atoms with Gasteiger partial charge >= 0.3 is 0 Å². The molecule has 6 heteroatoms. The lowest BCUT2D eigenvalue weighted by Crippen LogP contribution is -2.51. The monoisotopic (exact) mass is 354 g/mol. The van der Waals surface area contributed by atoms with Gasteiger partial charge in [-0.05, 0) is 26.7 Å². The first-order valence-electron chi connectivity index (χ1n) is 9.55. The summed E-state index contributed by atoms with van der Waals surface area (Å²) in [5.74, 6) is 1.90. The largest absolute Gasteiger partial charge is 0.340 e. The molecule has 2 aromatic rings. The number of carbonyl (C=O) groups excluding carboxylic acids is 1. The summed E-state index contributed by atoms with van der Waals surface area (Å²) in [5.41, 5.74) is 2.17. The van der Waals surface area contributed by atoms with E-state index in [2.05, 4.69) is 28.9 Å². The molecule has 0 spiro atoms. The molecule has 1 aromatic heterocycles. The summed E-state index contributed by atoms with van der Waals surface area (Å²) in [6, 6.07) is 8.18. The number of rotatable bonds is 4. The van der Waals surface area contributed by atoms with Gasteiger partial charge in [0, 0.05) is 37.7 Å². The second kappa shape index (κ2) is 7.19. The number of aromatic nitrogens is 2. The van der Waals surface area contributed by atoms with Crippen molar-refractivity contribution in [3.8, 4) is 11.4 Å². The highest BCUT2D eigenvalue weighted by Crippen LogP contribution is 2.29. The van der Waals surface area contributed by atoms with Crippen LogP contribution < -0.4 is 0 Å². The molecular weight excluding hydrogens is 328 g/mol. The number of hydrogen-bond donors (Lipinski definition) is 0. The van der Waals surface area contributed by atoms with E-state index in [-0.39, 0.29) is 12.0 Å². The van der Waals surface area contributed by atoms with Crippen LogP contribution in [0.15, 0.2) is 28.8 Å². The summed E-state index contributed by atoms with van der Waals surface area (Å²) in [7, 11) is 0. The molecule has 1 atom stereocenters. The van der Waals surface area contributed by atoms with Crippen LogP contribution in [0.5, 0.6) is 0 Å². The minimum absolute atomic E-state index is 0.0580. The van der Waals surface area contributed by atoms with Gasteiger partial charge in [0.1, 0.15) is 0 Å². The van der Waals surface area contributed by atoms with Gasteiger partial charge in [-0.1, -0.05) is 41.4 Å². The Hall–Kier alpha value is -2.21. The number of amides is 1. The van der Waals surface area contributed by atoms with Gasteiger partial charge in [-0.2, -0.15) is 4.98 Å². The maximum absolute atomic E-state index is 12.4. The third kappa shape index (κ3) is 3.38. The Balaban J connectivity index is 1.37. The van der Waals surface area contributed by atoms with Crippen LogP contribution in [0.2, 0.25) is 0 Å². The lowest BCUT2D eigenvalue weighted by Gasteiger charge is -2.39. The molecule has 1 aliphatic heterocycles. The molecule has 0 N–H and O–H groups in total. The summed E-state index contributed by atoms with van der Waals surface area (Å²) >= 11 is 0. The molecule has 1 aromatic carbocycles. The molecule has 1 amide bonds. The zero-order chi connectivity index (χ0) is 18.1. The summed E-state index contributed by atoms with van der Waals surface area (Å²) < 4.78 is 5.52. The van der Waals surface area contributed by atoms with Crippen molar-refractivity contribution in [3.63, 3.8) is 0 Å². The Morgan fingerprint density at radius 3 is 2.46 bits per heavy atom. The predicted octanol–water partition coefficient (Wildman–Crippen LogP) is 3.05. The van der Waals surface area contributed by atoms with Crippen LogP contribution in [0.3, 0.4) is 0 Å². The van der Waals surface area contributed by atoms with E-state index >= 15 is 0 Å². The molecule has 138 valence electrons. The van der Waals surface area contributed by atoms with E-state index in [9.17, 15) is 4.79 Å². The van der Waals surface area contributed by atoms with Crippen molar-refractivity contribution in [2.75, 3.05) is 26.2 Å². The van der Waals surface area contributed by atoms with Gasteiger partial charge in [-0.25, -0.2) is 0 Å². The molecular formula is C20H26N4O2. The van der Waals surface area contributed by atoms with Crippen molar-refractivity contribution in [1.29, 1.82) is 0 Å². The highest BCUT2D eigenvalue weighted by atomic mass is 16.5. The average Bonchev–Trinajstić information content (AvgIpc) is 3.10. The van der Waals surface area contributed by atoms with Gasteiger partial charge < -0.3 is 9.42 Å². The normalized spacial score (nSPS) is 20.0. The Labute approximate surface area is 154 Å². The lowest BCUT2D eigenvalue weighted by atomic mass is 9.84. The third-order valence-corrected chi connectivity index (χ3v) is 5.74. The molecule has 1 saturated heterocycles. The zero-order valence-corrected chi connectivity index (χ0v) is 15.5. The van der Waals surface area contributed by atoms with Gasteiger partial charge in [0.05, 0.1) is 6.04 Å². The molecule has 2 aliphatic rings. The summed E-state index contributed by atoms with van der Waals surface area (Å²) in [6.07, 6.45) is 3.34. The van der Waals surface area contributed by atoms with Crippen LogP contribution in [-0.4, -0.2) is 52.0 Å². The Kier molecular flexibility index (Phi) is 4.76. The van der Waals surface area contributed by atoms with Gasteiger partial charge in [0.15, 0.2) is 0 Å². The van der Waals surface area contributed by atoms with E-state index in [0.717, 1.165) is 44.6 Å². The Morgan fingerprint density at radius 2 is 1.85 bits per heavy atom. The van der Waals surface area contributed by atoms with Crippen molar-refractivity contribution in [1.82, 2.24) is 19.9 Å². The maximum Gasteiger partial charge on any atom is 0.244 e. The smallest absolute Gasteiger partial charge is 0.244 e. The number of carbonyl (C=O) groups is 1. The van der Waals surface area contributed by atoms with Crippen LogP contribution in [0, 0.1) is 12.8 Å². The Bertz CT molecular complexity index is 758. The van der Waals surface area contributed by atoms with Crippen LogP contribution in [-0.2, 0) is 4.79 Å². The SMILES string of the molecule is Cc1ccc(-c2noc(C(C)N3CCN(C(=O)C4CCC4)CC3)n2)cc1. The number of piperazine rings is 1. The standard InChI is InChI=1S/C20H26N4O2/c1-14-6-8-16(9-7-14)18-21-19(26-22-18)15(2)23-10-12-24(13-11-23)20(25)17-4-3-5-17/h6-9,15,17H,3-5,10-13H2,1-2H3. The van der Waals surface area contributed by atoms with Gasteiger partial charge in [0.25, 0.3) is 0 Å². The molecule has 26 heavy (non-hydrogen) atoms. The fourth-order valence-electron chi connectivity index (χ4n) is 3.62. The number of aryl methyl sites for hydroxylation is 1. The molecule has 4 rings (SSSR count). The van der Waals surface area contributed by atoms with Gasteiger partial charge in [-0.3, -0.25) is 9.69 Å². The Morgan fingerprint density at radius 1 is 1.15 bits per heavy atom. The highest BCUT2D eigenvalue weighted by Gasteiger charge is 2.33. The van der Waals surface area contributed by atoms with Crippen molar-refractivity contribution < 1.29 is 9.32 Å². The number of nitrogens with zero attached hydrogens (tertiary/aromatic N) is 4. The van der Waals surface area contributed by atoms with Gasteiger partial charge in [0.2, 0.25) is 17.6 Å². The molecule has 1 unspecified atom stereocenters. The first kappa shape index (κ1) is 17.2. The van der Waals surface area contributed by atoms with Crippen molar-refractivity contribution in [2.45, 2.75) is 39.2 Å². The van der Waals surface area contributed by atoms with Crippen LogP contribution >= 0.6 is 0 Å². The molecule has 0 bridgehead atoms. The minimum atomic E-state index is 0.0580. The first-order valence-corrected chi connectivity index (χ1v) is 9.55. The minimum Gasteiger partial charge on any atom is -0.340 e. The topological polar surface area (TPSA) is 62.5 Å². The van der Waals surface area contributed by atoms with E-state index in [1.165, 1.54) is 12.0 Å². The quantitative estimate of drug-likeness (QED) is 0.844. The zero-order valence-electron chi connectivity index (χ0n) is 15.5. The van der Waals surface area contributed by atoms with Crippen molar-refractivity contribution in [2.24, 2.45) is 5.92 Å². The predicted molar refractivity (Wildman–Crippen MR) is 98.4 cm³/mol. The van der Waals surface area contributed by atoms with Crippen LogP contribution in [0.25, 0.3) is 11.4 Å². The van der Waals surface area contributed by atoms with Crippen molar-refractivity contribution >= 4 is 5.91 Å². The van der Waals surface area contributed by atoms with E-state index < -0.39 is 0 Å². The third-order valence-electron chi connectivity index (χ3n) is 5.74. The summed E-state index contributed by atoms with van der Waals surface area (Å²) in [5, 5.41) is 4.14. The maximum atomic E-state index is 12.4. The van der Waals surface area contributed by atoms with E-state index in [1.807, 2.05) is 29.2 Å². The second-order valence-corrected chi connectivity index (χ2v) is 7.49. The highest BCUT2D eigenvalue weighted by molar-refractivity contribution is 5.79. The summed E-state index contributed by atoms with van der Waals surface area (Å²) in [4.78, 5) is 21.3. The van der Waals surface area contributed by atoms with E-state index in [0.29, 0.717) is 17.6 Å². The van der Waals surface area contributed by atoms with Crippen LogP contribution in [0.4, 0.5) is 0 Å². The molecule has 2 heterocycles. The van der Waals surface area contributed by atoms with Gasteiger partial charge in [-0.15, -0.1) is 0 Å². The summed E-state index contributed by atoms with van der Waals surface area (Å²) in [6.45, 7) is 7.43. The number of benzene rings is 1. The molecule has 6 nitrogen and oxygen atoms in total. The first-order chi connectivity index (χ1) is 12.6. The lowest BCUT2D eigenvalue weighted by molar-refractivity contribution is -0.140. The van der Waals surface area contributed by atoms with Crippen LogP contribution in [0.1, 0.15) is 43.7 Å². The fourth-order valence-corrected chi connectivity index (χ4v) is 3.62. The van der Waals surface area contributed by atoms with E-state index in [1.54, 1.807) is 0 Å². The average molecular weight is 354 g/mol. The second-order valence-electron chi connectivity index (χ2n) is 7.49. The molecule has 1 aliphatic carbocycles. The molecule has 2 fully saturated rings.